The van der Waals surface area contributed by atoms with Gasteiger partial charge < -0.3 is 9.88 Å². The Kier molecular flexibility index (Phi) is 5.42. The van der Waals surface area contributed by atoms with Crippen LogP contribution in [0.2, 0.25) is 0 Å². The minimum absolute atomic E-state index is 0.0935. The predicted octanol–water partition coefficient (Wildman–Crippen LogP) is 3.57. The molecule has 3 aromatic rings. The zero-order valence-electron chi connectivity index (χ0n) is 14.2. The van der Waals surface area contributed by atoms with Crippen LogP contribution in [0.5, 0.6) is 0 Å². The highest BCUT2D eigenvalue weighted by Gasteiger charge is 1.99. The van der Waals surface area contributed by atoms with Gasteiger partial charge in [0.15, 0.2) is 0 Å². The Morgan fingerprint density at radius 2 is 1.96 bits per heavy atom. The van der Waals surface area contributed by atoms with Gasteiger partial charge in [0.1, 0.15) is 0 Å². The van der Waals surface area contributed by atoms with Crippen molar-refractivity contribution in [1.82, 2.24) is 14.9 Å². The summed E-state index contributed by atoms with van der Waals surface area (Å²) in [5.74, 6) is -0.0935. The van der Waals surface area contributed by atoms with E-state index in [9.17, 15) is 4.79 Å². The zero-order chi connectivity index (χ0) is 17.5. The van der Waals surface area contributed by atoms with Gasteiger partial charge in [-0.2, -0.15) is 0 Å². The molecule has 0 atom stereocenters. The summed E-state index contributed by atoms with van der Waals surface area (Å²) in [7, 11) is 0. The molecule has 1 heterocycles. The third kappa shape index (κ3) is 5.18. The Bertz CT molecular complexity index is 849. The maximum atomic E-state index is 11.9. The van der Waals surface area contributed by atoms with Crippen molar-refractivity contribution < 1.29 is 4.79 Å². The smallest absolute Gasteiger partial charge is 0.244 e. The van der Waals surface area contributed by atoms with Crippen LogP contribution in [-0.4, -0.2) is 15.5 Å². The van der Waals surface area contributed by atoms with E-state index in [0.717, 1.165) is 17.7 Å². The first-order chi connectivity index (χ1) is 12.2. The van der Waals surface area contributed by atoms with Crippen molar-refractivity contribution >= 4 is 12.0 Å². The van der Waals surface area contributed by atoms with E-state index in [1.54, 1.807) is 18.6 Å². The average molecular weight is 331 g/mol. The van der Waals surface area contributed by atoms with E-state index in [1.165, 1.54) is 11.1 Å². The van der Waals surface area contributed by atoms with E-state index in [1.807, 2.05) is 60.2 Å². The Morgan fingerprint density at radius 3 is 2.68 bits per heavy atom. The molecule has 2 aromatic carbocycles. The molecule has 25 heavy (non-hydrogen) atoms. The summed E-state index contributed by atoms with van der Waals surface area (Å²) in [6.45, 7) is 3.35. The van der Waals surface area contributed by atoms with Crippen molar-refractivity contribution in [3.63, 3.8) is 0 Å². The molecule has 0 aliphatic heterocycles. The standard InChI is InChI=1S/C21H21N3O/c1-17-3-2-4-18(13-17)9-10-21(25)23-14-19-5-7-20(8-6-19)15-24-12-11-22-16-24/h2-13,16H,14-15H2,1H3,(H,23,25)/b10-9+. The van der Waals surface area contributed by atoms with Crippen LogP contribution < -0.4 is 5.32 Å². The molecule has 0 bridgehead atoms. The first-order valence-electron chi connectivity index (χ1n) is 8.25. The second-order valence-corrected chi connectivity index (χ2v) is 6.02. The van der Waals surface area contributed by atoms with Crippen molar-refractivity contribution in [3.8, 4) is 0 Å². The van der Waals surface area contributed by atoms with Gasteiger partial charge in [-0.15, -0.1) is 0 Å². The third-order valence-electron chi connectivity index (χ3n) is 3.88. The first-order valence-corrected chi connectivity index (χ1v) is 8.25. The molecule has 0 radical (unpaired) electrons. The summed E-state index contributed by atoms with van der Waals surface area (Å²) in [4.78, 5) is 16.0. The monoisotopic (exact) mass is 331 g/mol. The van der Waals surface area contributed by atoms with Crippen LogP contribution >= 0.6 is 0 Å². The average Bonchev–Trinajstić information content (AvgIpc) is 3.12. The van der Waals surface area contributed by atoms with Gasteiger partial charge in [0.2, 0.25) is 5.91 Å². The minimum Gasteiger partial charge on any atom is -0.348 e. The maximum Gasteiger partial charge on any atom is 0.244 e. The molecule has 1 N–H and O–H groups in total. The predicted molar refractivity (Wildman–Crippen MR) is 99.8 cm³/mol. The van der Waals surface area contributed by atoms with E-state index in [2.05, 4.69) is 22.4 Å². The lowest BCUT2D eigenvalue weighted by Gasteiger charge is -2.06. The Balaban J connectivity index is 1.50. The molecule has 4 nitrogen and oxygen atoms in total. The van der Waals surface area contributed by atoms with Gasteiger partial charge in [0.05, 0.1) is 6.33 Å². The van der Waals surface area contributed by atoms with Crippen LogP contribution in [0.4, 0.5) is 0 Å². The number of hydrogen-bond acceptors (Lipinski definition) is 2. The van der Waals surface area contributed by atoms with Crippen LogP contribution in [0.1, 0.15) is 22.3 Å². The zero-order valence-corrected chi connectivity index (χ0v) is 14.2. The minimum atomic E-state index is -0.0935. The SMILES string of the molecule is Cc1cccc(/C=C/C(=O)NCc2ccc(Cn3ccnc3)cc2)c1. The molecule has 3 rings (SSSR count). The van der Waals surface area contributed by atoms with Crippen LogP contribution in [0.25, 0.3) is 6.08 Å². The fourth-order valence-corrected chi connectivity index (χ4v) is 2.55. The number of rotatable bonds is 6. The lowest BCUT2D eigenvalue weighted by Crippen LogP contribution is -2.20. The molecule has 1 aromatic heterocycles. The second-order valence-electron chi connectivity index (χ2n) is 6.02. The molecule has 1 amide bonds. The number of benzene rings is 2. The van der Waals surface area contributed by atoms with Gasteiger partial charge in [0, 0.05) is 31.6 Å². The van der Waals surface area contributed by atoms with Crippen LogP contribution in [0.15, 0.2) is 73.3 Å². The third-order valence-corrected chi connectivity index (χ3v) is 3.88. The summed E-state index contributed by atoms with van der Waals surface area (Å²) in [5.41, 5.74) is 4.48. The lowest BCUT2D eigenvalue weighted by atomic mass is 10.1. The topological polar surface area (TPSA) is 46.9 Å². The van der Waals surface area contributed by atoms with Gasteiger partial charge in [-0.3, -0.25) is 4.79 Å². The van der Waals surface area contributed by atoms with E-state index in [4.69, 9.17) is 0 Å². The molecule has 0 spiro atoms. The number of carbonyl (C=O) groups is 1. The summed E-state index contributed by atoms with van der Waals surface area (Å²) < 4.78 is 2.02. The number of hydrogen-bond donors (Lipinski definition) is 1. The normalized spacial score (nSPS) is 10.9. The summed E-state index contributed by atoms with van der Waals surface area (Å²) in [5, 5.41) is 2.91. The molecule has 0 saturated heterocycles. The molecule has 4 heteroatoms. The van der Waals surface area contributed by atoms with E-state index in [0.29, 0.717) is 6.54 Å². The lowest BCUT2D eigenvalue weighted by molar-refractivity contribution is -0.116. The Morgan fingerprint density at radius 1 is 1.16 bits per heavy atom. The van der Waals surface area contributed by atoms with Gasteiger partial charge >= 0.3 is 0 Å². The van der Waals surface area contributed by atoms with Gasteiger partial charge in [-0.1, -0.05) is 54.1 Å². The summed E-state index contributed by atoms with van der Waals surface area (Å²) in [6, 6.07) is 16.3. The van der Waals surface area contributed by atoms with E-state index < -0.39 is 0 Å². The number of amides is 1. The van der Waals surface area contributed by atoms with E-state index in [-0.39, 0.29) is 5.91 Å². The number of aromatic nitrogens is 2. The van der Waals surface area contributed by atoms with Crippen LogP contribution in [-0.2, 0) is 17.9 Å². The fourth-order valence-electron chi connectivity index (χ4n) is 2.55. The molecule has 0 aliphatic carbocycles. The molecule has 0 aliphatic rings. The van der Waals surface area contributed by atoms with E-state index >= 15 is 0 Å². The van der Waals surface area contributed by atoms with Crippen LogP contribution in [0.3, 0.4) is 0 Å². The second kappa shape index (κ2) is 8.11. The fraction of sp³-hybridized carbons (Fsp3) is 0.143. The van der Waals surface area contributed by atoms with Gasteiger partial charge in [-0.25, -0.2) is 4.98 Å². The summed E-state index contributed by atoms with van der Waals surface area (Å²) >= 11 is 0. The van der Waals surface area contributed by atoms with Crippen molar-refractivity contribution in [2.75, 3.05) is 0 Å². The molecular weight excluding hydrogens is 310 g/mol. The number of nitrogens with zero attached hydrogens (tertiary/aromatic N) is 2. The van der Waals surface area contributed by atoms with Gasteiger partial charge in [0.25, 0.3) is 0 Å². The molecule has 0 unspecified atom stereocenters. The van der Waals surface area contributed by atoms with Crippen molar-refractivity contribution in [2.24, 2.45) is 0 Å². The number of imidazole rings is 1. The van der Waals surface area contributed by atoms with Crippen molar-refractivity contribution in [1.29, 1.82) is 0 Å². The molecule has 126 valence electrons. The molecule has 0 saturated carbocycles. The largest absolute Gasteiger partial charge is 0.348 e. The van der Waals surface area contributed by atoms with Gasteiger partial charge in [-0.05, 0) is 29.7 Å². The highest BCUT2D eigenvalue weighted by molar-refractivity contribution is 5.91. The van der Waals surface area contributed by atoms with Crippen molar-refractivity contribution in [3.05, 3.63) is 95.6 Å². The van der Waals surface area contributed by atoms with Crippen LogP contribution in [0, 0.1) is 6.92 Å². The first kappa shape index (κ1) is 16.7. The number of nitrogens with one attached hydrogen (secondary N) is 1. The summed E-state index contributed by atoms with van der Waals surface area (Å²) in [6.07, 6.45) is 8.91. The maximum absolute atomic E-state index is 11.9. The molecular formula is C21H21N3O. The number of aryl methyl sites for hydroxylation is 1. The highest BCUT2D eigenvalue weighted by atomic mass is 16.1. The Hall–Kier alpha value is -3.14. The Labute approximate surface area is 147 Å². The molecule has 0 fully saturated rings. The highest BCUT2D eigenvalue weighted by Crippen LogP contribution is 2.07. The number of carbonyl (C=O) groups excluding carboxylic acids is 1. The quantitative estimate of drug-likeness (QED) is 0.702. The van der Waals surface area contributed by atoms with Crippen molar-refractivity contribution in [2.45, 2.75) is 20.0 Å².